The highest BCUT2D eigenvalue weighted by molar-refractivity contribution is 5.20. The Balaban J connectivity index is 1.25. The van der Waals surface area contributed by atoms with Gasteiger partial charge in [-0.3, -0.25) is 9.58 Å². The molecule has 3 aliphatic rings. The molecule has 1 atom stereocenters. The minimum absolute atomic E-state index is 0.428. The standard InChI is InChI=1S/C20H34N4O2/c1-4-26-19(25)24-10-7-20(14-24)11-17(12-20)23-8-5-16(6-9-23)18-15(2)13-22(3)21-18/h13,16-17,19,25H,4-12,14H2,1-3H3. The number of rotatable bonds is 5. The second-order valence-corrected chi connectivity index (χ2v) is 8.75. The maximum Gasteiger partial charge on any atom is 0.216 e. The maximum atomic E-state index is 10.1. The highest BCUT2D eigenvalue weighted by atomic mass is 16.6. The van der Waals surface area contributed by atoms with Crippen molar-refractivity contribution in [3.05, 3.63) is 17.5 Å². The lowest BCUT2D eigenvalue weighted by molar-refractivity contribution is -0.188. The van der Waals surface area contributed by atoms with E-state index in [1.54, 1.807) is 0 Å². The topological polar surface area (TPSA) is 53.8 Å². The third-order valence-corrected chi connectivity index (χ3v) is 6.92. The van der Waals surface area contributed by atoms with Gasteiger partial charge in [0.25, 0.3) is 0 Å². The van der Waals surface area contributed by atoms with E-state index in [1.165, 1.54) is 56.5 Å². The molecule has 3 heterocycles. The fourth-order valence-corrected chi connectivity index (χ4v) is 5.51. The molecule has 2 saturated heterocycles. The molecule has 2 aliphatic heterocycles. The molecule has 1 spiro atoms. The van der Waals surface area contributed by atoms with Crippen LogP contribution in [0.2, 0.25) is 0 Å². The average molecular weight is 363 g/mol. The van der Waals surface area contributed by atoms with Crippen molar-refractivity contribution in [2.45, 2.75) is 64.3 Å². The number of aromatic nitrogens is 2. The van der Waals surface area contributed by atoms with E-state index in [2.05, 4.69) is 22.9 Å². The third kappa shape index (κ3) is 3.44. The van der Waals surface area contributed by atoms with Crippen molar-refractivity contribution in [2.75, 3.05) is 32.8 Å². The first-order valence-electron chi connectivity index (χ1n) is 10.3. The minimum Gasteiger partial charge on any atom is -0.356 e. The van der Waals surface area contributed by atoms with Crippen LogP contribution >= 0.6 is 0 Å². The van der Waals surface area contributed by atoms with Gasteiger partial charge in [-0.1, -0.05) is 0 Å². The van der Waals surface area contributed by atoms with Gasteiger partial charge in [0.15, 0.2) is 0 Å². The summed E-state index contributed by atoms with van der Waals surface area (Å²) in [4.78, 5) is 4.82. The summed E-state index contributed by atoms with van der Waals surface area (Å²) in [6, 6.07) is 0.741. The number of likely N-dealkylation sites (tertiary alicyclic amines) is 2. The molecule has 6 heteroatoms. The van der Waals surface area contributed by atoms with Gasteiger partial charge in [-0.25, -0.2) is 0 Å². The number of hydrogen-bond donors (Lipinski definition) is 1. The lowest BCUT2D eigenvalue weighted by Gasteiger charge is -2.52. The second-order valence-electron chi connectivity index (χ2n) is 8.75. The minimum atomic E-state index is -0.712. The average Bonchev–Trinajstić information content (AvgIpc) is 3.18. The van der Waals surface area contributed by atoms with Crippen LogP contribution in [0.5, 0.6) is 0 Å². The fourth-order valence-electron chi connectivity index (χ4n) is 5.51. The van der Waals surface area contributed by atoms with Gasteiger partial charge in [-0.2, -0.15) is 5.10 Å². The van der Waals surface area contributed by atoms with E-state index in [1.807, 2.05) is 18.7 Å². The number of hydrogen-bond acceptors (Lipinski definition) is 5. The zero-order chi connectivity index (χ0) is 18.3. The number of piperidine rings is 1. The Morgan fingerprint density at radius 3 is 2.65 bits per heavy atom. The van der Waals surface area contributed by atoms with Gasteiger partial charge in [0.1, 0.15) is 0 Å². The molecule has 0 aromatic carbocycles. The Kier molecular flexibility index (Phi) is 5.12. The van der Waals surface area contributed by atoms with Gasteiger partial charge < -0.3 is 14.7 Å². The molecule has 1 unspecified atom stereocenters. The van der Waals surface area contributed by atoms with Crippen LogP contribution in [-0.4, -0.2) is 69.9 Å². The van der Waals surface area contributed by atoms with E-state index in [0.717, 1.165) is 19.1 Å². The molecule has 1 aromatic rings. The molecule has 3 fully saturated rings. The molecule has 146 valence electrons. The summed E-state index contributed by atoms with van der Waals surface area (Å²) in [5.41, 5.74) is 3.08. The third-order valence-electron chi connectivity index (χ3n) is 6.92. The van der Waals surface area contributed by atoms with Crippen molar-refractivity contribution in [3.8, 4) is 0 Å². The Hall–Kier alpha value is -0.950. The maximum absolute atomic E-state index is 10.1. The molecule has 4 rings (SSSR count). The van der Waals surface area contributed by atoms with E-state index in [9.17, 15) is 5.11 Å². The molecule has 0 amide bonds. The molecule has 1 aliphatic carbocycles. The summed E-state index contributed by atoms with van der Waals surface area (Å²) >= 11 is 0. The van der Waals surface area contributed by atoms with Crippen LogP contribution in [0, 0.1) is 12.3 Å². The SMILES string of the molecule is CCOC(O)N1CCC2(CC(N3CCC(c4nn(C)cc4C)CC3)C2)C1. The first-order chi connectivity index (χ1) is 12.5. The number of aliphatic hydroxyl groups is 1. The molecule has 0 bridgehead atoms. The summed E-state index contributed by atoms with van der Waals surface area (Å²) in [6.45, 7) is 9.05. The van der Waals surface area contributed by atoms with Crippen LogP contribution < -0.4 is 0 Å². The van der Waals surface area contributed by atoms with Crippen LogP contribution in [0.1, 0.15) is 56.2 Å². The predicted octanol–water partition coefficient (Wildman–Crippen LogP) is 2.07. The monoisotopic (exact) mass is 362 g/mol. The largest absolute Gasteiger partial charge is 0.356 e. The van der Waals surface area contributed by atoms with E-state index < -0.39 is 6.41 Å². The molecule has 1 saturated carbocycles. The van der Waals surface area contributed by atoms with Crippen molar-refractivity contribution in [3.63, 3.8) is 0 Å². The van der Waals surface area contributed by atoms with Crippen LogP contribution in [-0.2, 0) is 11.8 Å². The molecular weight excluding hydrogens is 328 g/mol. The zero-order valence-corrected chi connectivity index (χ0v) is 16.5. The Labute approximate surface area is 157 Å². The summed E-state index contributed by atoms with van der Waals surface area (Å²) in [5, 5.41) is 14.8. The van der Waals surface area contributed by atoms with Gasteiger partial charge in [0.2, 0.25) is 6.41 Å². The van der Waals surface area contributed by atoms with E-state index in [-0.39, 0.29) is 0 Å². The van der Waals surface area contributed by atoms with Crippen molar-refractivity contribution in [1.82, 2.24) is 19.6 Å². The molecule has 6 nitrogen and oxygen atoms in total. The number of aliphatic hydroxyl groups excluding tert-OH is 1. The Morgan fingerprint density at radius 1 is 1.31 bits per heavy atom. The van der Waals surface area contributed by atoms with Crippen molar-refractivity contribution >= 4 is 0 Å². The lowest BCUT2D eigenvalue weighted by Crippen LogP contribution is -2.54. The van der Waals surface area contributed by atoms with Gasteiger partial charge >= 0.3 is 0 Å². The first kappa shape index (κ1) is 18.4. The van der Waals surface area contributed by atoms with Crippen LogP contribution in [0.15, 0.2) is 6.20 Å². The highest BCUT2D eigenvalue weighted by Crippen LogP contribution is 2.51. The molecular formula is C20H34N4O2. The van der Waals surface area contributed by atoms with Gasteiger partial charge in [0, 0.05) is 44.9 Å². The quantitative estimate of drug-likeness (QED) is 0.813. The van der Waals surface area contributed by atoms with Crippen LogP contribution in [0.3, 0.4) is 0 Å². The smallest absolute Gasteiger partial charge is 0.216 e. The summed E-state index contributed by atoms with van der Waals surface area (Å²) < 4.78 is 7.31. The first-order valence-corrected chi connectivity index (χ1v) is 10.3. The summed E-state index contributed by atoms with van der Waals surface area (Å²) in [6.07, 6.45) is 7.67. The lowest BCUT2D eigenvalue weighted by atomic mass is 9.64. The molecule has 1 N–H and O–H groups in total. The zero-order valence-electron chi connectivity index (χ0n) is 16.5. The van der Waals surface area contributed by atoms with Gasteiger partial charge in [-0.15, -0.1) is 0 Å². The summed E-state index contributed by atoms with van der Waals surface area (Å²) in [5.74, 6) is 0.629. The second kappa shape index (κ2) is 7.23. The van der Waals surface area contributed by atoms with E-state index >= 15 is 0 Å². The van der Waals surface area contributed by atoms with Crippen molar-refractivity contribution in [1.29, 1.82) is 0 Å². The van der Waals surface area contributed by atoms with Gasteiger partial charge in [0.05, 0.1) is 5.69 Å². The number of aryl methyl sites for hydroxylation is 2. The fraction of sp³-hybridized carbons (Fsp3) is 0.850. The van der Waals surface area contributed by atoms with Gasteiger partial charge in [-0.05, 0) is 70.0 Å². The molecule has 26 heavy (non-hydrogen) atoms. The van der Waals surface area contributed by atoms with Crippen molar-refractivity contribution in [2.24, 2.45) is 12.5 Å². The van der Waals surface area contributed by atoms with Crippen molar-refractivity contribution < 1.29 is 9.84 Å². The van der Waals surface area contributed by atoms with Crippen LogP contribution in [0.4, 0.5) is 0 Å². The van der Waals surface area contributed by atoms with Crippen LogP contribution in [0.25, 0.3) is 0 Å². The number of ether oxygens (including phenoxy) is 1. The molecule has 1 aromatic heterocycles. The number of nitrogens with zero attached hydrogens (tertiary/aromatic N) is 4. The predicted molar refractivity (Wildman–Crippen MR) is 101 cm³/mol. The Morgan fingerprint density at radius 2 is 2.04 bits per heavy atom. The Bertz CT molecular complexity index is 617. The molecule has 0 radical (unpaired) electrons. The normalized spacial score (nSPS) is 32.2. The highest BCUT2D eigenvalue weighted by Gasteiger charge is 2.51. The van der Waals surface area contributed by atoms with E-state index in [4.69, 9.17) is 9.84 Å². The summed E-state index contributed by atoms with van der Waals surface area (Å²) in [7, 11) is 2.02. The van der Waals surface area contributed by atoms with E-state index in [0.29, 0.717) is 17.9 Å².